The van der Waals surface area contributed by atoms with Gasteiger partial charge in [-0.05, 0) is 68.2 Å². The van der Waals surface area contributed by atoms with Crippen LogP contribution in [0.4, 0.5) is 0 Å². The predicted octanol–water partition coefficient (Wildman–Crippen LogP) is 4.15. The first-order valence-electron chi connectivity index (χ1n) is 13.6. The molecular weight excluding hydrogens is 486 g/mol. The molecule has 1 aromatic carbocycles. The first kappa shape index (κ1) is 29.6. The molecule has 1 aromatic rings. The van der Waals surface area contributed by atoms with Crippen LogP contribution in [-0.4, -0.2) is 62.4 Å². The summed E-state index contributed by atoms with van der Waals surface area (Å²) in [6, 6.07) is 6.94. The third-order valence-electron chi connectivity index (χ3n) is 7.83. The zero-order valence-electron chi connectivity index (χ0n) is 22.6. The number of phenols is 1. The first-order valence-corrected chi connectivity index (χ1v) is 13.6. The molecule has 1 aliphatic carbocycles. The Hall–Kier alpha value is -2.97. The average Bonchev–Trinajstić information content (AvgIpc) is 3.10. The molecule has 3 rings (SSSR count). The Kier molecular flexibility index (Phi) is 10.3. The maximum absolute atomic E-state index is 13.4. The fourth-order valence-corrected chi connectivity index (χ4v) is 5.94. The number of likely N-dealkylation sites (tertiary alicyclic amines) is 1. The number of aliphatic carboxylic acids is 1. The fraction of sp³-hybridized carbons (Fsp3) is 0.567. The molecule has 1 fully saturated rings. The number of carbonyl (C=O) groups excluding carboxylic acids is 2. The highest BCUT2D eigenvalue weighted by molar-refractivity contribution is 6.05. The van der Waals surface area contributed by atoms with E-state index in [0.29, 0.717) is 44.1 Å². The molecule has 1 aliphatic heterocycles. The van der Waals surface area contributed by atoms with E-state index in [2.05, 4.69) is 0 Å². The van der Waals surface area contributed by atoms with Crippen molar-refractivity contribution in [2.45, 2.75) is 71.8 Å². The zero-order valence-corrected chi connectivity index (χ0v) is 22.6. The lowest BCUT2D eigenvalue weighted by Crippen LogP contribution is -2.40. The number of amides is 2. The zero-order chi connectivity index (χ0) is 28.0. The van der Waals surface area contributed by atoms with Crippen molar-refractivity contribution < 1.29 is 34.8 Å². The summed E-state index contributed by atoms with van der Waals surface area (Å²) in [4.78, 5) is 38.7. The molecule has 0 saturated carbocycles. The molecular formula is C30H41NO7. The Bertz CT molecular complexity index is 1090. The molecule has 1 heterocycles. The molecule has 0 spiro atoms. The summed E-state index contributed by atoms with van der Waals surface area (Å²) < 4.78 is 0. The van der Waals surface area contributed by atoms with Gasteiger partial charge < -0.3 is 20.4 Å². The van der Waals surface area contributed by atoms with Gasteiger partial charge in [-0.25, -0.2) is 0 Å². The molecule has 4 atom stereocenters. The molecule has 2 aliphatic rings. The first-order chi connectivity index (χ1) is 18.0. The molecule has 4 N–H and O–H groups in total. The molecule has 1 saturated heterocycles. The summed E-state index contributed by atoms with van der Waals surface area (Å²) >= 11 is 0. The quantitative estimate of drug-likeness (QED) is 0.172. The Morgan fingerprint density at radius 2 is 1.87 bits per heavy atom. The van der Waals surface area contributed by atoms with E-state index in [1.54, 1.807) is 18.2 Å². The van der Waals surface area contributed by atoms with E-state index in [9.17, 15) is 29.7 Å². The lowest BCUT2D eigenvalue weighted by atomic mass is 9.66. The molecule has 8 nitrogen and oxygen atoms in total. The number of rotatable bonds is 13. The van der Waals surface area contributed by atoms with Gasteiger partial charge in [0.2, 0.25) is 11.8 Å². The van der Waals surface area contributed by atoms with Crippen molar-refractivity contribution in [3.63, 3.8) is 0 Å². The molecule has 38 heavy (non-hydrogen) atoms. The maximum Gasteiger partial charge on any atom is 0.303 e. The van der Waals surface area contributed by atoms with Crippen LogP contribution in [0.2, 0.25) is 0 Å². The van der Waals surface area contributed by atoms with E-state index in [-0.39, 0.29) is 43.1 Å². The van der Waals surface area contributed by atoms with E-state index in [1.807, 2.05) is 32.9 Å². The lowest BCUT2D eigenvalue weighted by Gasteiger charge is -2.38. The second kappa shape index (κ2) is 13.2. The summed E-state index contributed by atoms with van der Waals surface area (Å²) in [7, 11) is 0. The van der Waals surface area contributed by atoms with Crippen LogP contribution in [0.5, 0.6) is 5.75 Å². The number of aliphatic hydroxyl groups excluding tert-OH is 2. The van der Waals surface area contributed by atoms with Gasteiger partial charge in [0.15, 0.2) is 0 Å². The predicted molar refractivity (Wildman–Crippen MR) is 144 cm³/mol. The summed E-state index contributed by atoms with van der Waals surface area (Å²) in [5.41, 5.74) is 3.53. The topological polar surface area (TPSA) is 135 Å². The van der Waals surface area contributed by atoms with Gasteiger partial charge in [-0.2, -0.15) is 0 Å². The number of aromatic hydroxyl groups is 1. The molecule has 8 heteroatoms. The van der Waals surface area contributed by atoms with Crippen LogP contribution < -0.4 is 0 Å². The van der Waals surface area contributed by atoms with Gasteiger partial charge in [-0.3, -0.25) is 19.3 Å². The van der Waals surface area contributed by atoms with Crippen LogP contribution in [0.1, 0.15) is 71.3 Å². The number of imide groups is 1. The monoisotopic (exact) mass is 527 g/mol. The van der Waals surface area contributed by atoms with Gasteiger partial charge in [0.25, 0.3) is 0 Å². The summed E-state index contributed by atoms with van der Waals surface area (Å²) in [6.07, 6.45) is 4.20. The third kappa shape index (κ3) is 6.91. The Morgan fingerprint density at radius 1 is 1.13 bits per heavy atom. The van der Waals surface area contributed by atoms with Crippen molar-refractivity contribution in [3.05, 3.63) is 46.5 Å². The van der Waals surface area contributed by atoms with Gasteiger partial charge in [0.05, 0.1) is 24.5 Å². The number of hydrogen-bond acceptors (Lipinski definition) is 6. The molecule has 208 valence electrons. The third-order valence-corrected chi connectivity index (χ3v) is 7.83. The van der Waals surface area contributed by atoms with Crippen molar-refractivity contribution in [1.82, 2.24) is 4.90 Å². The molecule has 2 amide bonds. The highest BCUT2D eigenvalue weighted by Gasteiger charge is 2.54. The van der Waals surface area contributed by atoms with Gasteiger partial charge in [-0.1, -0.05) is 49.6 Å². The van der Waals surface area contributed by atoms with Crippen molar-refractivity contribution in [1.29, 1.82) is 0 Å². The van der Waals surface area contributed by atoms with Crippen LogP contribution in [0.15, 0.2) is 41.0 Å². The Morgan fingerprint density at radius 3 is 2.50 bits per heavy atom. The number of fused-ring (bicyclic) bond motifs is 1. The fourth-order valence-electron chi connectivity index (χ4n) is 5.94. The van der Waals surface area contributed by atoms with Crippen LogP contribution in [-0.2, 0) is 14.4 Å². The van der Waals surface area contributed by atoms with Crippen LogP contribution in [0.25, 0.3) is 6.08 Å². The number of aliphatic hydroxyl groups is 2. The smallest absolute Gasteiger partial charge is 0.303 e. The number of carboxylic acid groups (broad SMARTS) is 1. The average molecular weight is 528 g/mol. The number of carbonyl (C=O) groups is 3. The van der Waals surface area contributed by atoms with Crippen LogP contribution >= 0.6 is 0 Å². The minimum atomic E-state index is -0.862. The summed E-state index contributed by atoms with van der Waals surface area (Å²) in [5, 5.41) is 40.3. The van der Waals surface area contributed by atoms with Crippen molar-refractivity contribution in [2.24, 2.45) is 23.7 Å². The van der Waals surface area contributed by atoms with Crippen molar-refractivity contribution in [3.8, 4) is 5.75 Å². The lowest BCUT2D eigenvalue weighted by molar-refractivity contribution is -0.141. The van der Waals surface area contributed by atoms with Crippen LogP contribution in [0.3, 0.4) is 0 Å². The number of phenolic OH excluding ortho intramolecular Hbond substituents is 1. The van der Waals surface area contributed by atoms with Crippen LogP contribution in [0, 0.1) is 23.7 Å². The highest BCUT2D eigenvalue weighted by atomic mass is 16.4. The normalized spacial score (nSPS) is 22.8. The molecule has 0 bridgehead atoms. The number of allylic oxidation sites excluding steroid dienone is 2. The number of carboxylic acids is 1. The van der Waals surface area contributed by atoms with E-state index >= 15 is 0 Å². The molecule has 0 aromatic heterocycles. The number of hydrogen-bond donors (Lipinski definition) is 4. The van der Waals surface area contributed by atoms with Gasteiger partial charge in [0.1, 0.15) is 5.75 Å². The second-order valence-corrected chi connectivity index (χ2v) is 10.9. The van der Waals surface area contributed by atoms with Crippen molar-refractivity contribution >= 4 is 23.9 Å². The Labute approximate surface area is 224 Å². The second-order valence-electron chi connectivity index (χ2n) is 10.9. The van der Waals surface area contributed by atoms with Gasteiger partial charge >= 0.3 is 5.97 Å². The highest BCUT2D eigenvalue weighted by Crippen LogP contribution is 2.48. The van der Waals surface area contributed by atoms with Gasteiger partial charge in [-0.15, -0.1) is 0 Å². The Balaban J connectivity index is 1.75. The number of nitrogens with zero attached hydrogens (tertiary/aromatic N) is 1. The number of benzene rings is 1. The molecule has 0 radical (unpaired) electrons. The van der Waals surface area contributed by atoms with E-state index in [4.69, 9.17) is 5.11 Å². The minimum absolute atomic E-state index is 0.0477. The minimum Gasteiger partial charge on any atom is -0.508 e. The number of unbranched alkanes of at least 4 members (excludes halogenated alkanes) is 2. The van der Waals surface area contributed by atoms with E-state index < -0.39 is 29.8 Å². The van der Waals surface area contributed by atoms with E-state index in [1.165, 1.54) is 4.90 Å². The standard InChI is InChI=1S/C30H41NO7/c1-18(2)22-16-23-28(30(38)31(29(23)37)13-6-4-5-10-26(35)36)24(17-32)27(22)25(34)12-11-19(3)14-20-8-7-9-21(33)15-20/h7-9,14-15,18,23-25,28,32-34H,4-6,10-13,16-17H2,1-3H3,(H,35,36)/b19-14+/t23-,24+,25-,28-/m1/s1. The van der Waals surface area contributed by atoms with Gasteiger partial charge in [0, 0.05) is 18.9 Å². The van der Waals surface area contributed by atoms with E-state index in [0.717, 1.165) is 16.7 Å². The maximum atomic E-state index is 13.4. The van der Waals surface area contributed by atoms with Crippen molar-refractivity contribution in [2.75, 3.05) is 13.2 Å². The largest absolute Gasteiger partial charge is 0.508 e. The SMILES string of the molecule is C/C(=C\c1cccc(O)c1)CC[C@@H](O)C1=C(C(C)C)C[C@H]2C(=O)N(CCCCCC(=O)O)C(=O)[C@H]2[C@H]1CO. The summed E-state index contributed by atoms with van der Waals surface area (Å²) in [5.74, 6) is -3.01. The molecule has 0 unspecified atom stereocenters. The summed E-state index contributed by atoms with van der Waals surface area (Å²) in [6.45, 7) is 5.89.